The Morgan fingerprint density at radius 1 is 1.25 bits per heavy atom. The van der Waals surface area contributed by atoms with E-state index >= 15 is 0 Å². The fourth-order valence-corrected chi connectivity index (χ4v) is 2.90. The molecule has 0 aliphatic rings. The second-order valence-electron chi connectivity index (χ2n) is 6.23. The Bertz CT molecular complexity index is 1020. The number of benzene rings is 1. The third-order valence-corrected chi connectivity index (χ3v) is 4.36. The quantitative estimate of drug-likeness (QED) is 0.477. The number of hydrogen-bond donors (Lipinski definition) is 2. The number of pyridine rings is 1. The van der Waals surface area contributed by atoms with Crippen molar-refractivity contribution in [2.24, 2.45) is 0 Å². The lowest BCUT2D eigenvalue weighted by Gasteiger charge is -2.28. The number of aryl methyl sites for hydroxylation is 1. The molecule has 2 N–H and O–H groups in total. The monoisotopic (exact) mass is 395 g/mol. The van der Waals surface area contributed by atoms with Crippen LogP contribution in [0.2, 0.25) is 0 Å². The van der Waals surface area contributed by atoms with Gasteiger partial charge in [-0.2, -0.15) is 13.2 Å². The first-order chi connectivity index (χ1) is 13.1. The Balaban J connectivity index is 1.86. The Morgan fingerprint density at radius 3 is 2.61 bits per heavy atom. The number of hydrogen-bond acceptors (Lipinski definition) is 6. The molecule has 0 fully saturated rings. The van der Waals surface area contributed by atoms with Crippen LogP contribution in [-0.2, 0) is 5.60 Å². The van der Waals surface area contributed by atoms with Gasteiger partial charge in [0.15, 0.2) is 0 Å². The third kappa shape index (κ3) is 3.50. The van der Waals surface area contributed by atoms with Gasteiger partial charge in [-0.05, 0) is 37.3 Å². The number of nitro groups is 1. The second-order valence-corrected chi connectivity index (χ2v) is 6.23. The molecule has 0 radical (unpaired) electrons. The molecule has 0 aliphatic heterocycles. The van der Waals surface area contributed by atoms with Crippen molar-refractivity contribution in [2.75, 3.05) is 11.9 Å². The number of nitro benzene ring substituents is 1. The van der Waals surface area contributed by atoms with Gasteiger partial charge < -0.3 is 14.8 Å². The van der Waals surface area contributed by atoms with Gasteiger partial charge in [0.25, 0.3) is 5.69 Å². The van der Waals surface area contributed by atoms with E-state index in [-0.39, 0.29) is 28.9 Å². The van der Waals surface area contributed by atoms with Gasteiger partial charge in [-0.15, -0.1) is 0 Å². The molecule has 0 saturated carbocycles. The van der Waals surface area contributed by atoms with Gasteiger partial charge in [0.2, 0.25) is 5.60 Å². The van der Waals surface area contributed by atoms with E-state index in [2.05, 4.69) is 10.3 Å². The fraction of sp³-hybridized carbons (Fsp3) is 0.278. The lowest BCUT2D eigenvalue weighted by Crippen LogP contribution is -2.43. The van der Waals surface area contributed by atoms with Gasteiger partial charge in [0, 0.05) is 25.2 Å². The van der Waals surface area contributed by atoms with Crippen LogP contribution in [-0.4, -0.2) is 27.7 Å². The third-order valence-electron chi connectivity index (χ3n) is 4.36. The number of alkyl halides is 3. The molecule has 148 valence electrons. The van der Waals surface area contributed by atoms with Crippen molar-refractivity contribution in [2.45, 2.75) is 25.1 Å². The number of nitrogens with zero attached hydrogens (tertiary/aromatic N) is 2. The van der Waals surface area contributed by atoms with Crippen LogP contribution in [0.5, 0.6) is 0 Å². The van der Waals surface area contributed by atoms with Gasteiger partial charge in [0.1, 0.15) is 17.0 Å². The van der Waals surface area contributed by atoms with E-state index in [1.807, 2.05) is 0 Å². The minimum atomic E-state index is -4.95. The zero-order valence-corrected chi connectivity index (χ0v) is 14.7. The van der Waals surface area contributed by atoms with E-state index in [0.717, 1.165) is 6.07 Å². The number of aliphatic hydroxyl groups is 1. The molecule has 0 saturated heterocycles. The molecule has 3 aromatic rings. The highest BCUT2D eigenvalue weighted by molar-refractivity contribution is 5.96. The first-order valence-corrected chi connectivity index (χ1v) is 8.25. The summed E-state index contributed by atoms with van der Waals surface area (Å²) < 4.78 is 45.5. The van der Waals surface area contributed by atoms with Gasteiger partial charge in [-0.25, -0.2) is 0 Å². The van der Waals surface area contributed by atoms with Crippen LogP contribution in [0.3, 0.4) is 0 Å². The fourth-order valence-electron chi connectivity index (χ4n) is 2.90. The number of fused-ring (bicyclic) bond motifs is 1. The predicted octanol–water partition coefficient (Wildman–Crippen LogP) is 4.30. The van der Waals surface area contributed by atoms with E-state index in [9.17, 15) is 28.4 Å². The van der Waals surface area contributed by atoms with Crippen molar-refractivity contribution in [3.05, 3.63) is 64.2 Å². The SMILES string of the molecule is Cc1ccc([C@](O)(CCNc2ccc([N+](=O)[O-])c3cccnc23)C(F)(F)F)o1. The number of furan rings is 1. The molecular formula is C18H16F3N3O4. The average molecular weight is 395 g/mol. The smallest absolute Gasteiger partial charge is 0.424 e. The van der Waals surface area contributed by atoms with E-state index < -0.39 is 28.9 Å². The maximum Gasteiger partial charge on any atom is 0.424 e. The summed E-state index contributed by atoms with van der Waals surface area (Å²) in [7, 11) is 0. The number of aromatic nitrogens is 1. The highest BCUT2D eigenvalue weighted by Gasteiger charge is 2.56. The van der Waals surface area contributed by atoms with Gasteiger partial charge in [0.05, 0.1) is 16.0 Å². The molecule has 0 aliphatic carbocycles. The molecule has 7 nitrogen and oxygen atoms in total. The molecule has 3 rings (SSSR count). The maximum atomic E-state index is 13.5. The number of halogens is 3. The molecule has 1 atom stereocenters. The standard InChI is InChI=1S/C18H16F3N3O4/c1-11-4-7-15(28-11)17(25,18(19,20)21)8-10-22-13-5-6-14(24(26)27)12-3-2-9-23-16(12)13/h2-7,9,22,25H,8,10H2,1H3/t17-/m1/s1. The highest BCUT2D eigenvalue weighted by Crippen LogP contribution is 2.42. The maximum absolute atomic E-state index is 13.5. The van der Waals surface area contributed by atoms with Crippen LogP contribution in [0.1, 0.15) is 17.9 Å². The summed E-state index contributed by atoms with van der Waals surface area (Å²) >= 11 is 0. The van der Waals surface area contributed by atoms with E-state index in [4.69, 9.17) is 4.42 Å². The molecule has 2 heterocycles. The van der Waals surface area contributed by atoms with Crippen LogP contribution >= 0.6 is 0 Å². The van der Waals surface area contributed by atoms with Crippen molar-refractivity contribution in [1.82, 2.24) is 4.98 Å². The molecule has 28 heavy (non-hydrogen) atoms. The van der Waals surface area contributed by atoms with Crippen molar-refractivity contribution >= 4 is 22.3 Å². The van der Waals surface area contributed by atoms with Crippen LogP contribution in [0.25, 0.3) is 10.9 Å². The van der Waals surface area contributed by atoms with Crippen molar-refractivity contribution < 1.29 is 27.6 Å². The summed E-state index contributed by atoms with van der Waals surface area (Å²) in [6.45, 7) is 1.20. The Labute approximate surface area is 157 Å². The summed E-state index contributed by atoms with van der Waals surface area (Å²) in [5.41, 5.74) is -2.76. The van der Waals surface area contributed by atoms with E-state index in [1.54, 1.807) is 0 Å². The van der Waals surface area contributed by atoms with Crippen LogP contribution in [0.15, 0.2) is 47.0 Å². The molecule has 1 aromatic carbocycles. The molecular weight excluding hydrogens is 379 g/mol. The van der Waals surface area contributed by atoms with Crippen LogP contribution < -0.4 is 5.32 Å². The zero-order valence-electron chi connectivity index (χ0n) is 14.7. The van der Waals surface area contributed by atoms with Crippen LogP contribution in [0, 0.1) is 17.0 Å². The number of nitrogens with one attached hydrogen (secondary N) is 1. The molecule has 10 heteroatoms. The topological polar surface area (TPSA) is 101 Å². The van der Waals surface area contributed by atoms with Crippen molar-refractivity contribution in [1.29, 1.82) is 0 Å². The summed E-state index contributed by atoms with van der Waals surface area (Å²) in [5, 5.41) is 24.4. The highest BCUT2D eigenvalue weighted by atomic mass is 19.4. The molecule has 0 spiro atoms. The summed E-state index contributed by atoms with van der Waals surface area (Å²) in [6.07, 6.45) is -4.25. The lowest BCUT2D eigenvalue weighted by molar-refractivity contribution is -0.383. The summed E-state index contributed by atoms with van der Waals surface area (Å²) in [6, 6.07) is 8.08. The first-order valence-electron chi connectivity index (χ1n) is 8.25. The minimum absolute atomic E-state index is 0.161. The Kier molecular flexibility index (Phi) is 4.99. The van der Waals surface area contributed by atoms with Gasteiger partial charge in [-0.3, -0.25) is 15.1 Å². The lowest BCUT2D eigenvalue weighted by atomic mass is 9.95. The second kappa shape index (κ2) is 7.12. The Hall–Kier alpha value is -3.14. The number of non-ortho nitro benzene ring substituents is 1. The first kappa shape index (κ1) is 19.6. The average Bonchev–Trinajstić information content (AvgIpc) is 3.07. The van der Waals surface area contributed by atoms with Gasteiger partial charge in [-0.1, -0.05) is 0 Å². The van der Waals surface area contributed by atoms with Crippen molar-refractivity contribution in [3.63, 3.8) is 0 Å². The minimum Gasteiger partial charge on any atom is -0.463 e. The zero-order chi connectivity index (χ0) is 20.5. The normalized spacial score (nSPS) is 14.0. The van der Waals surface area contributed by atoms with Crippen molar-refractivity contribution in [3.8, 4) is 0 Å². The number of anilines is 1. The summed E-state index contributed by atoms with van der Waals surface area (Å²) in [5.74, 6) is -0.345. The Morgan fingerprint density at radius 2 is 2.00 bits per heavy atom. The molecule has 0 bridgehead atoms. The van der Waals surface area contributed by atoms with E-state index in [1.165, 1.54) is 43.5 Å². The molecule has 0 unspecified atom stereocenters. The predicted molar refractivity (Wildman–Crippen MR) is 94.9 cm³/mol. The number of rotatable bonds is 6. The summed E-state index contributed by atoms with van der Waals surface area (Å²) in [4.78, 5) is 14.6. The van der Waals surface area contributed by atoms with E-state index in [0.29, 0.717) is 5.69 Å². The van der Waals surface area contributed by atoms with Crippen LogP contribution in [0.4, 0.5) is 24.5 Å². The molecule has 2 aromatic heterocycles. The largest absolute Gasteiger partial charge is 0.463 e. The molecule has 0 amide bonds. The van der Waals surface area contributed by atoms with Gasteiger partial charge >= 0.3 is 6.18 Å².